The van der Waals surface area contributed by atoms with Gasteiger partial charge in [0.25, 0.3) is 0 Å². The molecule has 0 bridgehead atoms. The summed E-state index contributed by atoms with van der Waals surface area (Å²) in [6.45, 7) is 1.59. The Kier molecular flexibility index (Phi) is 6.35. The number of halogens is 3. The van der Waals surface area contributed by atoms with Gasteiger partial charge in [-0.15, -0.1) is 12.4 Å². The van der Waals surface area contributed by atoms with E-state index in [1.807, 2.05) is 19.0 Å². The highest BCUT2D eigenvalue weighted by molar-refractivity contribution is 5.94. The standard InChI is InChI=1S/C20H23F2N3O4.ClH/c1-23(2)8-12-9-24(5-6-29-12)18-15(21)7-13-17(16(18)22)25(11-3-4-11)10-14(19(13)26)20(27)28;/h7,10-12H,3-6,8-9H2,1-2H3,(H,27,28);1H. The number of rotatable bonds is 5. The topological polar surface area (TPSA) is 75.0 Å². The second-order valence-electron chi connectivity index (χ2n) is 7.93. The fourth-order valence-electron chi connectivity index (χ4n) is 3.95. The molecule has 2 fully saturated rings. The van der Waals surface area contributed by atoms with Crippen LogP contribution in [-0.2, 0) is 4.74 Å². The molecule has 1 aromatic heterocycles. The molecule has 2 heterocycles. The van der Waals surface area contributed by atoms with Crippen molar-refractivity contribution in [1.82, 2.24) is 9.47 Å². The summed E-state index contributed by atoms with van der Waals surface area (Å²) in [5, 5.41) is 9.08. The smallest absolute Gasteiger partial charge is 0.341 e. The van der Waals surface area contributed by atoms with Crippen molar-refractivity contribution >= 4 is 35.0 Å². The van der Waals surface area contributed by atoms with E-state index in [0.29, 0.717) is 26.2 Å². The van der Waals surface area contributed by atoms with Crippen LogP contribution in [0.5, 0.6) is 0 Å². The first kappa shape index (κ1) is 22.5. The molecule has 1 saturated heterocycles. The van der Waals surface area contributed by atoms with Crippen molar-refractivity contribution < 1.29 is 23.4 Å². The molecular weight excluding hydrogens is 420 g/mol. The van der Waals surface area contributed by atoms with Crippen molar-refractivity contribution in [2.75, 3.05) is 45.2 Å². The Labute approximate surface area is 178 Å². The van der Waals surface area contributed by atoms with Crippen molar-refractivity contribution in [3.8, 4) is 0 Å². The molecule has 1 aliphatic carbocycles. The molecule has 1 N–H and O–H groups in total. The minimum Gasteiger partial charge on any atom is -0.477 e. The Morgan fingerprint density at radius 2 is 2.03 bits per heavy atom. The number of carboxylic acids is 1. The van der Waals surface area contributed by atoms with Gasteiger partial charge in [-0.05, 0) is 33.0 Å². The molecule has 1 atom stereocenters. The van der Waals surface area contributed by atoms with E-state index >= 15 is 4.39 Å². The Balaban J connectivity index is 0.00000256. The minimum absolute atomic E-state index is 0. The molecule has 30 heavy (non-hydrogen) atoms. The first-order valence-electron chi connectivity index (χ1n) is 9.59. The number of aromatic carboxylic acids is 1. The van der Waals surface area contributed by atoms with E-state index in [1.54, 1.807) is 4.90 Å². The fourth-order valence-corrected chi connectivity index (χ4v) is 3.95. The van der Waals surface area contributed by atoms with Gasteiger partial charge in [-0.25, -0.2) is 13.6 Å². The number of carbonyl (C=O) groups is 1. The molecule has 1 aromatic carbocycles. The summed E-state index contributed by atoms with van der Waals surface area (Å²) >= 11 is 0. The van der Waals surface area contributed by atoms with Gasteiger partial charge >= 0.3 is 5.97 Å². The second-order valence-corrected chi connectivity index (χ2v) is 7.93. The van der Waals surface area contributed by atoms with Crippen molar-refractivity contribution in [1.29, 1.82) is 0 Å². The van der Waals surface area contributed by atoms with Crippen LogP contribution >= 0.6 is 12.4 Å². The minimum atomic E-state index is -1.41. The predicted molar refractivity (Wildman–Crippen MR) is 111 cm³/mol. The van der Waals surface area contributed by atoms with Gasteiger partial charge in [0.15, 0.2) is 5.82 Å². The lowest BCUT2D eigenvalue weighted by Gasteiger charge is -2.36. The zero-order valence-corrected chi connectivity index (χ0v) is 17.5. The van der Waals surface area contributed by atoms with Crippen LogP contribution < -0.4 is 10.3 Å². The maximum atomic E-state index is 15.6. The van der Waals surface area contributed by atoms with Gasteiger partial charge in [0.05, 0.1) is 23.6 Å². The first-order valence-corrected chi connectivity index (χ1v) is 9.59. The summed E-state index contributed by atoms with van der Waals surface area (Å²) in [7, 11) is 3.79. The van der Waals surface area contributed by atoms with Gasteiger partial charge in [-0.1, -0.05) is 0 Å². The van der Waals surface area contributed by atoms with Gasteiger partial charge in [-0.2, -0.15) is 0 Å². The summed E-state index contributed by atoms with van der Waals surface area (Å²) < 4.78 is 37.8. The van der Waals surface area contributed by atoms with Crippen LogP contribution in [-0.4, -0.2) is 67.0 Å². The lowest BCUT2D eigenvalue weighted by molar-refractivity contribution is 0.0244. The highest BCUT2D eigenvalue weighted by atomic mass is 35.5. The molecule has 0 amide bonds. The van der Waals surface area contributed by atoms with Crippen LogP contribution in [0, 0.1) is 11.6 Å². The van der Waals surface area contributed by atoms with Gasteiger partial charge in [0, 0.05) is 31.9 Å². The number of aromatic nitrogens is 1. The SMILES string of the molecule is CN(C)CC1CN(c2c(F)cc3c(=O)c(C(=O)O)cn(C4CC4)c3c2F)CCO1.Cl. The van der Waals surface area contributed by atoms with E-state index in [4.69, 9.17) is 4.74 Å². The van der Waals surface area contributed by atoms with E-state index in [1.165, 1.54) is 10.8 Å². The number of hydrogen-bond acceptors (Lipinski definition) is 5. The van der Waals surface area contributed by atoms with Crippen LogP contribution in [0.1, 0.15) is 29.2 Å². The summed E-state index contributed by atoms with van der Waals surface area (Å²) in [6.07, 6.45) is 2.49. The molecule has 0 spiro atoms. The third-order valence-electron chi connectivity index (χ3n) is 5.38. The Hall–Kier alpha value is -2.23. The number of pyridine rings is 1. The van der Waals surface area contributed by atoms with Gasteiger partial charge in [0.1, 0.15) is 17.1 Å². The number of anilines is 1. The van der Waals surface area contributed by atoms with Crippen molar-refractivity contribution in [3.05, 3.63) is 39.7 Å². The van der Waals surface area contributed by atoms with Crippen molar-refractivity contribution in [2.45, 2.75) is 25.0 Å². The van der Waals surface area contributed by atoms with Crippen molar-refractivity contribution in [2.24, 2.45) is 0 Å². The van der Waals surface area contributed by atoms with E-state index in [-0.39, 0.29) is 41.1 Å². The average molecular weight is 444 g/mol. The molecule has 0 radical (unpaired) electrons. The first-order chi connectivity index (χ1) is 13.8. The molecule has 1 unspecified atom stereocenters. The Bertz CT molecular complexity index is 1040. The Morgan fingerprint density at radius 1 is 1.33 bits per heavy atom. The van der Waals surface area contributed by atoms with E-state index in [0.717, 1.165) is 18.9 Å². The predicted octanol–water partition coefficient (Wildman–Crippen LogP) is 2.50. The fraction of sp³-hybridized carbons (Fsp3) is 0.500. The quantitative estimate of drug-likeness (QED) is 0.765. The van der Waals surface area contributed by atoms with Gasteiger partial charge in [0.2, 0.25) is 5.43 Å². The van der Waals surface area contributed by atoms with E-state index < -0.39 is 28.6 Å². The van der Waals surface area contributed by atoms with Crippen LogP contribution in [0.15, 0.2) is 17.1 Å². The molecular formula is C20H24ClF2N3O4. The molecule has 1 aliphatic heterocycles. The summed E-state index contributed by atoms with van der Waals surface area (Å²) in [5.41, 5.74) is -1.58. The summed E-state index contributed by atoms with van der Waals surface area (Å²) in [4.78, 5) is 27.6. The molecule has 2 aliphatic rings. The normalized spacial score (nSPS) is 19.2. The Morgan fingerprint density at radius 3 is 2.63 bits per heavy atom. The number of carboxylic acid groups (broad SMARTS) is 1. The second kappa shape index (κ2) is 8.49. The highest BCUT2D eigenvalue weighted by Crippen LogP contribution is 2.39. The molecule has 10 heteroatoms. The monoisotopic (exact) mass is 443 g/mol. The van der Waals surface area contributed by atoms with Crippen molar-refractivity contribution in [3.63, 3.8) is 0 Å². The zero-order chi connectivity index (χ0) is 20.9. The molecule has 2 aromatic rings. The molecule has 4 rings (SSSR count). The zero-order valence-electron chi connectivity index (χ0n) is 16.7. The van der Waals surface area contributed by atoms with Gasteiger partial charge in [-0.3, -0.25) is 4.79 Å². The number of benzene rings is 1. The van der Waals surface area contributed by atoms with Gasteiger partial charge < -0.3 is 24.2 Å². The lowest BCUT2D eigenvalue weighted by Crippen LogP contribution is -2.47. The van der Waals surface area contributed by atoms with Crippen LogP contribution in [0.25, 0.3) is 10.9 Å². The largest absolute Gasteiger partial charge is 0.477 e. The number of ether oxygens (including phenoxy) is 1. The summed E-state index contributed by atoms with van der Waals surface area (Å²) in [6, 6.07) is 0.882. The number of fused-ring (bicyclic) bond motifs is 1. The maximum absolute atomic E-state index is 15.6. The summed E-state index contributed by atoms with van der Waals surface area (Å²) in [5.74, 6) is -3.11. The van der Waals surface area contributed by atoms with E-state index in [2.05, 4.69) is 0 Å². The van der Waals surface area contributed by atoms with Crippen LogP contribution in [0.3, 0.4) is 0 Å². The average Bonchev–Trinajstić information content (AvgIpc) is 3.47. The molecule has 7 nitrogen and oxygen atoms in total. The third kappa shape index (κ3) is 4.01. The van der Waals surface area contributed by atoms with Crippen LogP contribution in [0.2, 0.25) is 0 Å². The number of likely N-dealkylation sites (N-methyl/N-ethyl adjacent to an activating group) is 1. The maximum Gasteiger partial charge on any atom is 0.341 e. The molecule has 1 saturated carbocycles. The third-order valence-corrected chi connectivity index (χ3v) is 5.38. The van der Waals surface area contributed by atoms with E-state index in [9.17, 15) is 19.1 Å². The molecule has 164 valence electrons. The highest BCUT2D eigenvalue weighted by Gasteiger charge is 2.32. The number of morpholine rings is 1. The van der Waals surface area contributed by atoms with Crippen LogP contribution in [0.4, 0.5) is 14.5 Å². The number of nitrogens with zero attached hydrogens (tertiary/aromatic N) is 3. The number of hydrogen-bond donors (Lipinski definition) is 1. The lowest BCUT2D eigenvalue weighted by atomic mass is 10.1.